The Balaban J connectivity index is 1.89. The molecule has 21 heavy (non-hydrogen) atoms. The van der Waals surface area contributed by atoms with Crippen molar-refractivity contribution in [2.75, 3.05) is 5.32 Å². The maximum atomic E-state index is 13.8. The van der Waals surface area contributed by atoms with Crippen LogP contribution in [0.2, 0.25) is 0 Å². The van der Waals surface area contributed by atoms with Gasteiger partial charge in [-0.2, -0.15) is 0 Å². The highest BCUT2D eigenvalue weighted by Crippen LogP contribution is 2.21. The number of halogens is 2. The molecule has 3 aromatic rings. The molecule has 0 saturated heterocycles. The van der Waals surface area contributed by atoms with Gasteiger partial charge in [0.25, 0.3) is 5.91 Å². The monoisotopic (exact) mass is 343 g/mol. The van der Waals surface area contributed by atoms with E-state index in [1.807, 2.05) is 36.4 Å². The summed E-state index contributed by atoms with van der Waals surface area (Å²) < 4.78 is 14.4. The first-order valence-electron chi connectivity index (χ1n) is 6.39. The Kier molecular flexibility index (Phi) is 3.71. The molecule has 0 aliphatic carbocycles. The number of carbonyl (C=O) groups is 1. The van der Waals surface area contributed by atoms with Crippen molar-refractivity contribution in [3.8, 4) is 0 Å². The van der Waals surface area contributed by atoms with Crippen LogP contribution in [0.1, 0.15) is 10.4 Å². The minimum absolute atomic E-state index is 0.0198. The second-order valence-corrected chi connectivity index (χ2v) is 5.56. The van der Waals surface area contributed by atoms with Crippen LogP contribution in [0, 0.1) is 5.82 Å². The summed E-state index contributed by atoms with van der Waals surface area (Å²) in [7, 11) is 0. The third-order valence-electron chi connectivity index (χ3n) is 3.18. The Hall–Kier alpha value is -2.20. The van der Waals surface area contributed by atoms with Gasteiger partial charge in [0, 0.05) is 10.2 Å². The van der Waals surface area contributed by atoms with Crippen LogP contribution in [0.4, 0.5) is 10.1 Å². The molecule has 104 valence electrons. The Morgan fingerprint density at radius 2 is 1.71 bits per heavy atom. The summed E-state index contributed by atoms with van der Waals surface area (Å²) in [4.78, 5) is 12.1. The summed E-state index contributed by atoms with van der Waals surface area (Å²) in [6.07, 6.45) is 0. The minimum atomic E-state index is -0.553. The molecule has 2 nitrogen and oxygen atoms in total. The molecule has 1 amide bonds. The molecule has 0 fully saturated rings. The van der Waals surface area contributed by atoms with Gasteiger partial charge in [0.1, 0.15) is 5.82 Å². The van der Waals surface area contributed by atoms with Gasteiger partial charge in [-0.25, -0.2) is 4.39 Å². The fourth-order valence-corrected chi connectivity index (χ4v) is 2.47. The van der Waals surface area contributed by atoms with Gasteiger partial charge < -0.3 is 5.32 Å². The lowest BCUT2D eigenvalue weighted by atomic mass is 10.1. The van der Waals surface area contributed by atoms with Gasteiger partial charge in [0.15, 0.2) is 0 Å². The standard InChI is InChI=1S/C17H11BrFNO/c18-13-6-8-15(16(19)10-13)17(21)20-14-7-5-11-3-1-2-4-12(11)9-14/h1-10H,(H,20,21). The van der Waals surface area contributed by atoms with E-state index in [4.69, 9.17) is 0 Å². The summed E-state index contributed by atoms with van der Waals surface area (Å²) in [5.41, 5.74) is 0.660. The number of hydrogen-bond donors (Lipinski definition) is 1. The SMILES string of the molecule is O=C(Nc1ccc2ccccc2c1)c1ccc(Br)cc1F. The molecule has 3 rings (SSSR count). The van der Waals surface area contributed by atoms with Crippen molar-refractivity contribution in [2.24, 2.45) is 0 Å². The molecular weight excluding hydrogens is 333 g/mol. The number of rotatable bonds is 2. The van der Waals surface area contributed by atoms with Crippen molar-refractivity contribution >= 4 is 38.3 Å². The van der Waals surface area contributed by atoms with Gasteiger partial charge in [-0.05, 0) is 41.1 Å². The molecule has 0 aromatic heterocycles. The fourth-order valence-electron chi connectivity index (χ4n) is 2.14. The predicted molar refractivity (Wildman–Crippen MR) is 86.0 cm³/mol. The highest BCUT2D eigenvalue weighted by Gasteiger charge is 2.12. The summed E-state index contributed by atoms with van der Waals surface area (Å²) >= 11 is 3.17. The average molecular weight is 344 g/mol. The molecule has 0 saturated carbocycles. The molecule has 0 atom stereocenters. The lowest BCUT2D eigenvalue weighted by Gasteiger charge is -2.07. The number of benzene rings is 3. The Morgan fingerprint density at radius 1 is 0.952 bits per heavy atom. The first kappa shape index (κ1) is 13.8. The molecule has 0 unspecified atom stereocenters. The molecule has 0 heterocycles. The van der Waals surface area contributed by atoms with E-state index in [0.29, 0.717) is 10.2 Å². The summed E-state index contributed by atoms with van der Waals surface area (Å²) in [6, 6.07) is 17.8. The van der Waals surface area contributed by atoms with Crippen LogP contribution in [-0.2, 0) is 0 Å². The molecule has 1 N–H and O–H groups in total. The summed E-state index contributed by atoms with van der Waals surface area (Å²) in [5.74, 6) is -1.02. The van der Waals surface area contributed by atoms with Crippen molar-refractivity contribution in [3.63, 3.8) is 0 Å². The zero-order chi connectivity index (χ0) is 14.8. The Bertz CT molecular complexity index is 832. The number of hydrogen-bond acceptors (Lipinski definition) is 1. The van der Waals surface area contributed by atoms with E-state index in [9.17, 15) is 9.18 Å². The van der Waals surface area contributed by atoms with Crippen molar-refractivity contribution in [3.05, 3.63) is 76.5 Å². The van der Waals surface area contributed by atoms with Crippen molar-refractivity contribution in [2.45, 2.75) is 0 Å². The van der Waals surface area contributed by atoms with Gasteiger partial charge in [-0.1, -0.05) is 46.3 Å². The number of amides is 1. The fraction of sp³-hybridized carbons (Fsp3) is 0. The van der Waals surface area contributed by atoms with Gasteiger partial charge in [-0.3, -0.25) is 4.79 Å². The van der Waals surface area contributed by atoms with Gasteiger partial charge in [0.2, 0.25) is 0 Å². The molecule has 0 aliphatic heterocycles. The quantitative estimate of drug-likeness (QED) is 0.697. The van der Waals surface area contributed by atoms with Gasteiger partial charge in [-0.15, -0.1) is 0 Å². The number of nitrogens with one attached hydrogen (secondary N) is 1. The van der Waals surface area contributed by atoms with Crippen molar-refractivity contribution < 1.29 is 9.18 Å². The number of fused-ring (bicyclic) bond motifs is 1. The second-order valence-electron chi connectivity index (χ2n) is 4.64. The second kappa shape index (κ2) is 5.66. The molecule has 0 bridgehead atoms. The summed E-state index contributed by atoms with van der Waals surface area (Å²) in [5, 5.41) is 4.82. The zero-order valence-electron chi connectivity index (χ0n) is 10.9. The lowest BCUT2D eigenvalue weighted by molar-refractivity contribution is 0.102. The van der Waals surface area contributed by atoms with Crippen molar-refractivity contribution in [1.82, 2.24) is 0 Å². The topological polar surface area (TPSA) is 29.1 Å². The third kappa shape index (κ3) is 2.95. The Labute approximate surface area is 129 Å². The van der Waals surface area contributed by atoms with Gasteiger partial charge in [0.05, 0.1) is 5.56 Å². The van der Waals surface area contributed by atoms with E-state index in [2.05, 4.69) is 21.2 Å². The van der Waals surface area contributed by atoms with Crippen LogP contribution < -0.4 is 5.32 Å². The molecule has 4 heteroatoms. The molecular formula is C17H11BrFNO. The molecule has 0 spiro atoms. The van der Waals surface area contributed by atoms with E-state index >= 15 is 0 Å². The largest absolute Gasteiger partial charge is 0.322 e. The average Bonchev–Trinajstić information content (AvgIpc) is 2.47. The van der Waals surface area contributed by atoms with Crippen LogP contribution in [0.15, 0.2) is 65.1 Å². The summed E-state index contributed by atoms with van der Waals surface area (Å²) in [6.45, 7) is 0. The van der Waals surface area contributed by atoms with Gasteiger partial charge >= 0.3 is 0 Å². The first-order valence-corrected chi connectivity index (χ1v) is 7.18. The van der Waals surface area contributed by atoms with E-state index in [-0.39, 0.29) is 5.56 Å². The third-order valence-corrected chi connectivity index (χ3v) is 3.68. The maximum absolute atomic E-state index is 13.8. The number of carbonyl (C=O) groups excluding carboxylic acids is 1. The minimum Gasteiger partial charge on any atom is -0.322 e. The van der Waals surface area contributed by atoms with Crippen LogP contribution >= 0.6 is 15.9 Å². The maximum Gasteiger partial charge on any atom is 0.258 e. The molecule has 0 radical (unpaired) electrons. The molecule has 0 aliphatic rings. The highest BCUT2D eigenvalue weighted by atomic mass is 79.9. The highest BCUT2D eigenvalue weighted by molar-refractivity contribution is 9.10. The lowest BCUT2D eigenvalue weighted by Crippen LogP contribution is -2.13. The van der Waals surface area contributed by atoms with Crippen LogP contribution in [0.3, 0.4) is 0 Å². The smallest absolute Gasteiger partial charge is 0.258 e. The van der Waals surface area contributed by atoms with E-state index in [1.165, 1.54) is 12.1 Å². The number of anilines is 1. The van der Waals surface area contributed by atoms with Crippen LogP contribution in [0.25, 0.3) is 10.8 Å². The van der Waals surface area contributed by atoms with E-state index in [0.717, 1.165) is 10.8 Å². The molecule has 3 aromatic carbocycles. The Morgan fingerprint density at radius 3 is 2.48 bits per heavy atom. The zero-order valence-corrected chi connectivity index (χ0v) is 12.5. The predicted octanol–water partition coefficient (Wildman–Crippen LogP) is 4.99. The van der Waals surface area contributed by atoms with Crippen LogP contribution in [-0.4, -0.2) is 5.91 Å². The van der Waals surface area contributed by atoms with Crippen LogP contribution in [0.5, 0.6) is 0 Å². The normalized spacial score (nSPS) is 10.6. The van der Waals surface area contributed by atoms with Crippen molar-refractivity contribution in [1.29, 1.82) is 0 Å². The van der Waals surface area contributed by atoms with E-state index in [1.54, 1.807) is 12.1 Å². The first-order chi connectivity index (χ1) is 10.1. The van der Waals surface area contributed by atoms with E-state index < -0.39 is 11.7 Å².